The van der Waals surface area contributed by atoms with Crippen LogP contribution in [0.2, 0.25) is 0 Å². The van der Waals surface area contributed by atoms with Gasteiger partial charge in [0.1, 0.15) is 18.2 Å². The highest BCUT2D eigenvalue weighted by Crippen LogP contribution is 2.44. The lowest BCUT2D eigenvalue weighted by molar-refractivity contribution is -0.144. The summed E-state index contributed by atoms with van der Waals surface area (Å²) in [5.74, 6) is -1.92. The maximum atomic E-state index is 12.9. The fraction of sp³-hybridized carbons (Fsp3) is 0.400. The minimum atomic E-state index is -1.49. The Morgan fingerprint density at radius 2 is 1.64 bits per heavy atom. The Morgan fingerprint density at radius 3 is 2.15 bits per heavy atom. The lowest BCUT2D eigenvalue weighted by Gasteiger charge is -2.30. The average Bonchev–Trinajstić information content (AvgIpc) is 3.58. The molecule has 0 bridgehead atoms. The number of ether oxygens (including phenoxy) is 2. The highest BCUT2D eigenvalue weighted by atomic mass is 16.5. The number of carbonyl (C=O) groups is 3. The van der Waals surface area contributed by atoms with Gasteiger partial charge in [0.25, 0.3) is 0 Å². The van der Waals surface area contributed by atoms with E-state index in [1.807, 2.05) is 48.5 Å². The van der Waals surface area contributed by atoms with Crippen LogP contribution in [0.1, 0.15) is 36.8 Å². The lowest BCUT2D eigenvalue weighted by Crippen LogP contribution is -2.62. The third-order valence-electron chi connectivity index (χ3n) is 6.30. The van der Waals surface area contributed by atoms with Crippen molar-refractivity contribution in [3.63, 3.8) is 0 Å². The number of benzene rings is 2. The summed E-state index contributed by atoms with van der Waals surface area (Å²) >= 11 is 0. The van der Waals surface area contributed by atoms with E-state index in [1.54, 1.807) is 0 Å². The Bertz CT molecular complexity index is 1020. The molecule has 0 aromatic heterocycles. The summed E-state index contributed by atoms with van der Waals surface area (Å²) in [5.41, 5.74) is 2.91. The van der Waals surface area contributed by atoms with Gasteiger partial charge in [0.15, 0.2) is 0 Å². The van der Waals surface area contributed by atoms with Crippen molar-refractivity contribution in [1.82, 2.24) is 10.6 Å². The molecule has 4 rings (SSSR count). The highest BCUT2D eigenvalue weighted by molar-refractivity contribution is 5.92. The van der Waals surface area contributed by atoms with Gasteiger partial charge in [-0.1, -0.05) is 48.5 Å². The Morgan fingerprint density at radius 1 is 1.06 bits per heavy atom. The molecule has 33 heavy (non-hydrogen) atoms. The number of amides is 2. The zero-order valence-electron chi connectivity index (χ0n) is 18.7. The van der Waals surface area contributed by atoms with Gasteiger partial charge in [-0.2, -0.15) is 0 Å². The molecule has 1 saturated carbocycles. The van der Waals surface area contributed by atoms with Crippen LogP contribution in [0.15, 0.2) is 48.5 Å². The van der Waals surface area contributed by atoms with E-state index in [2.05, 4.69) is 10.6 Å². The van der Waals surface area contributed by atoms with Crippen molar-refractivity contribution in [3.8, 4) is 11.1 Å². The Kier molecular flexibility index (Phi) is 6.37. The van der Waals surface area contributed by atoms with Crippen molar-refractivity contribution in [2.75, 3.05) is 20.3 Å². The number of hydrogen-bond acceptors (Lipinski definition) is 5. The van der Waals surface area contributed by atoms with Crippen LogP contribution < -0.4 is 10.6 Å². The van der Waals surface area contributed by atoms with Gasteiger partial charge in [0, 0.05) is 13.0 Å². The minimum Gasteiger partial charge on any atom is -0.480 e. The number of nitrogens with one attached hydrogen (secondary N) is 2. The minimum absolute atomic E-state index is 0.0901. The van der Waals surface area contributed by atoms with E-state index >= 15 is 0 Å². The van der Waals surface area contributed by atoms with Gasteiger partial charge in [0.2, 0.25) is 5.91 Å². The van der Waals surface area contributed by atoms with Gasteiger partial charge in [-0.25, -0.2) is 9.59 Å². The number of hydrogen-bond donors (Lipinski definition) is 3. The van der Waals surface area contributed by atoms with Crippen LogP contribution in [0.5, 0.6) is 0 Å². The quantitative estimate of drug-likeness (QED) is 0.539. The first-order chi connectivity index (χ1) is 15.8. The number of carbonyl (C=O) groups excluding carboxylic acids is 2. The molecule has 3 N–H and O–H groups in total. The van der Waals surface area contributed by atoms with Gasteiger partial charge in [0.05, 0.1) is 6.61 Å². The molecule has 2 aromatic carbocycles. The zero-order valence-corrected chi connectivity index (χ0v) is 18.7. The number of methoxy groups -OCH3 is 1. The fourth-order valence-corrected chi connectivity index (χ4v) is 4.42. The second-order valence-corrected chi connectivity index (χ2v) is 8.84. The first-order valence-corrected chi connectivity index (χ1v) is 11.0. The summed E-state index contributed by atoms with van der Waals surface area (Å²) in [6.45, 7) is 1.45. The molecule has 2 aromatic rings. The number of aliphatic carboxylic acids is 1. The van der Waals surface area contributed by atoms with Crippen LogP contribution in [0, 0.1) is 5.92 Å². The van der Waals surface area contributed by atoms with E-state index in [0.717, 1.165) is 35.1 Å². The van der Waals surface area contributed by atoms with Crippen LogP contribution >= 0.6 is 0 Å². The third kappa shape index (κ3) is 4.71. The fourth-order valence-electron chi connectivity index (χ4n) is 4.42. The van der Waals surface area contributed by atoms with Crippen molar-refractivity contribution < 1.29 is 29.0 Å². The van der Waals surface area contributed by atoms with Crippen molar-refractivity contribution in [3.05, 3.63) is 59.7 Å². The molecule has 2 amide bonds. The van der Waals surface area contributed by atoms with E-state index in [1.165, 1.54) is 14.0 Å². The van der Waals surface area contributed by atoms with E-state index in [-0.39, 0.29) is 25.0 Å². The SMILES string of the molecule is COCC(C)(NC(=O)OCC1c2ccccc2-c2ccccc21)C(=O)NC(C(=O)O)C1CC1. The van der Waals surface area contributed by atoms with E-state index in [9.17, 15) is 19.5 Å². The van der Waals surface area contributed by atoms with Crippen LogP contribution in [-0.2, 0) is 19.1 Å². The molecular weight excluding hydrogens is 424 g/mol. The maximum absolute atomic E-state index is 12.9. The molecule has 174 valence electrons. The van der Waals surface area contributed by atoms with E-state index in [0.29, 0.717) is 0 Å². The van der Waals surface area contributed by atoms with Crippen LogP contribution in [-0.4, -0.2) is 55.0 Å². The smallest absolute Gasteiger partial charge is 0.408 e. The molecular formula is C25H28N2O6. The molecule has 2 aliphatic carbocycles. The van der Waals surface area contributed by atoms with E-state index in [4.69, 9.17) is 9.47 Å². The number of carboxylic acids is 1. The molecule has 0 heterocycles. The summed E-state index contributed by atoms with van der Waals surface area (Å²) in [6.07, 6.45) is 0.723. The standard InChI is InChI=1S/C25H28N2O6/c1-25(14-32-2,23(30)26-21(22(28)29)15-11-12-15)27-24(31)33-13-20-18-9-5-3-7-16(18)17-8-4-6-10-19(17)20/h3-10,15,20-21H,11-14H2,1-2H3,(H,26,30)(H,27,31)(H,28,29). The van der Waals surface area contributed by atoms with Crippen molar-refractivity contribution >= 4 is 18.0 Å². The molecule has 2 aliphatic rings. The molecule has 0 saturated heterocycles. The van der Waals surface area contributed by atoms with Gasteiger partial charge in [-0.05, 0) is 47.9 Å². The zero-order chi connectivity index (χ0) is 23.6. The molecule has 0 aliphatic heterocycles. The van der Waals surface area contributed by atoms with Gasteiger partial charge in [-0.15, -0.1) is 0 Å². The number of carboxylic acid groups (broad SMARTS) is 1. The Balaban J connectivity index is 1.43. The predicted octanol–water partition coefficient (Wildman–Crippen LogP) is 2.91. The summed E-state index contributed by atoms with van der Waals surface area (Å²) in [5, 5.41) is 14.5. The van der Waals surface area contributed by atoms with Gasteiger partial charge in [-0.3, -0.25) is 4.79 Å². The summed E-state index contributed by atoms with van der Waals surface area (Å²) < 4.78 is 10.7. The van der Waals surface area contributed by atoms with E-state index < -0.39 is 29.6 Å². The number of alkyl carbamates (subject to hydrolysis) is 1. The molecule has 2 atom stereocenters. The molecule has 0 spiro atoms. The van der Waals surface area contributed by atoms with Crippen LogP contribution in [0.3, 0.4) is 0 Å². The predicted molar refractivity (Wildman–Crippen MR) is 121 cm³/mol. The summed E-state index contributed by atoms with van der Waals surface area (Å²) in [7, 11) is 1.40. The molecule has 1 fully saturated rings. The molecule has 8 heteroatoms. The largest absolute Gasteiger partial charge is 0.480 e. The third-order valence-corrected chi connectivity index (χ3v) is 6.30. The second-order valence-electron chi connectivity index (χ2n) is 8.84. The first kappa shape index (κ1) is 22.8. The summed E-state index contributed by atoms with van der Waals surface area (Å²) in [4.78, 5) is 37.1. The number of rotatable bonds is 9. The topological polar surface area (TPSA) is 114 Å². The van der Waals surface area contributed by atoms with Crippen LogP contribution in [0.25, 0.3) is 11.1 Å². The normalized spacial score (nSPS) is 17.3. The molecule has 8 nitrogen and oxygen atoms in total. The Labute approximate surface area is 192 Å². The highest BCUT2D eigenvalue weighted by Gasteiger charge is 2.43. The van der Waals surface area contributed by atoms with Crippen molar-refractivity contribution in [2.45, 2.75) is 37.3 Å². The number of fused-ring (bicyclic) bond motifs is 3. The second kappa shape index (κ2) is 9.23. The van der Waals surface area contributed by atoms with Crippen molar-refractivity contribution in [2.24, 2.45) is 5.92 Å². The monoisotopic (exact) mass is 452 g/mol. The molecule has 2 unspecified atom stereocenters. The van der Waals surface area contributed by atoms with Gasteiger partial charge < -0.3 is 25.2 Å². The van der Waals surface area contributed by atoms with Gasteiger partial charge >= 0.3 is 12.1 Å². The molecule has 0 radical (unpaired) electrons. The first-order valence-electron chi connectivity index (χ1n) is 11.0. The average molecular weight is 453 g/mol. The lowest BCUT2D eigenvalue weighted by atomic mass is 9.98. The van der Waals surface area contributed by atoms with Crippen LogP contribution in [0.4, 0.5) is 4.79 Å². The maximum Gasteiger partial charge on any atom is 0.408 e. The van der Waals surface area contributed by atoms with Crippen molar-refractivity contribution in [1.29, 1.82) is 0 Å². The summed E-state index contributed by atoms with van der Waals surface area (Å²) in [6, 6.07) is 15.0. The Hall–Kier alpha value is -3.39.